The zero-order valence-corrected chi connectivity index (χ0v) is 14.7. The first kappa shape index (κ1) is 20.0. The maximum absolute atomic E-state index is 12.5. The van der Waals surface area contributed by atoms with Crippen molar-refractivity contribution < 1.29 is 23.8 Å². The van der Waals surface area contributed by atoms with Crippen LogP contribution in [0, 0.1) is 0 Å². The number of rotatable bonds is 11. The van der Waals surface area contributed by atoms with E-state index in [2.05, 4.69) is 4.74 Å². The normalized spacial score (nSPS) is 10.3. The second kappa shape index (κ2) is 11.5. The molecule has 6 nitrogen and oxygen atoms in total. The average molecular weight is 337 g/mol. The van der Waals surface area contributed by atoms with Gasteiger partial charge in [-0.3, -0.25) is 9.59 Å². The molecule has 134 valence electrons. The van der Waals surface area contributed by atoms with Gasteiger partial charge >= 0.3 is 5.97 Å². The number of amides is 1. The van der Waals surface area contributed by atoms with Crippen LogP contribution in [0.5, 0.6) is 5.75 Å². The molecule has 1 rings (SSSR count). The Morgan fingerprint density at radius 1 is 1.08 bits per heavy atom. The molecule has 0 aromatic heterocycles. The summed E-state index contributed by atoms with van der Waals surface area (Å²) in [7, 11) is 2.97. The first-order valence-corrected chi connectivity index (χ1v) is 8.16. The molecule has 1 aromatic rings. The van der Waals surface area contributed by atoms with E-state index in [1.54, 1.807) is 12.0 Å². The van der Waals surface area contributed by atoms with Gasteiger partial charge in [0.15, 0.2) is 0 Å². The van der Waals surface area contributed by atoms with Crippen molar-refractivity contribution in [1.82, 2.24) is 4.90 Å². The lowest BCUT2D eigenvalue weighted by molar-refractivity contribution is -0.141. The van der Waals surface area contributed by atoms with Crippen LogP contribution in [0.15, 0.2) is 24.3 Å². The van der Waals surface area contributed by atoms with Gasteiger partial charge in [0.2, 0.25) is 5.91 Å². The zero-order valence-electron chi connectivity index (χ0n) is 14.7. The van der Waals surface area contributed by atoms with E-state index in [0.717, 1.165) is 17.7 Å². The van der Waals surface area contributed by atoms with Crippen molar-refractivity contribution in [3.8, 4) is 5.75 Å². The van der Waals surface area contributed by atoms with Crippen LogP contribution in [0.2, 0.25) is 0 Å². The molecule has 0 aliphatic heterocycles. The van der Waals surface area contributed by atoms with Crippen LogP contribution in [-0.4, -0.2) is 57.3 Å². The highest BCUT2D eigenvalue weighted by Crippen LogP contribution is 2.13. The van der Waals surface area contributed by atoms with Crippen molar-refractivity contribution in [3.05, 3.63) is 29.8 Å². The lowest BCUT2D eigenvalue weighted by Crippen LogP contribution is -2.35. The summed E-state index contributed by atoms with van der Waals surface area (Å²) in [5.41, 5.74) is 0.915. The van der Waals surface area contributed by atoms with Crippen LogP contribution in [0.3, 0.4) is 0 Å². The minimum atomic E-state index is -0.319. The van der Waals surface area contributed by atoms with Crippen molar-refractivity contribution in [1.29, 1.82) is 0 Å². The Morgan fingerprint density at radius 3 is 2.38 bits per heavy atom. The Balaban J connectivity index is 2.62. The molecule has 0 heterocycles. The third kappa shape index (κ3) is 7.46. The Labute approximate surface area is 143 Å². The van der Waals surface area contributed by atoms with Gasteiger partial charge in [0.05, 0.1) is 26.6 Å². The second-order valence-electron chi connectivity index (χ2n) is 5.31. The summed E-state index contributed by atoms with van der Waals surface area (Å²) in [6.07, 6.45) is 1.21. The van der Waals surface area contributed by atoms with E-state index in [1.807, 2.05) is 31.2 Å². The molecule has 0 unspecified atom stereocenters. The average Bonchev–Trinajstić information content (AvgIpc) is 2.59. The fraction of sp³-hybridized carbons (Fsp3) is 0.556. The lowest BCUT2D eigenvalue weighted by atomic mass is 10.1. The molecule has 0 spiro atoms. The Morgan fingerprint density at radius 2 is 1.79 bits per heavy atom. The zero-order chi connectivity index (χ0) is 17.8. The third-order valence-electron chi connectivity index (χ3n) is 3.53. The van der Waals surface area contributed by atoms with Gasteiger partial charge in [0, 0.05) is 26.8 Å². The monoisotopic (exact) mass is 337 g/mol. The van der Waals surface area contributed by atoms with Crippen molar-refractivity contribution in [2.45, 2.75) is 26.2 Å². The molecule has 0 saturated heterocycles. The summed E-state index contributed by atoms with van der Waals surface area (Å²) in [6, 6.07) is 7.48. The number of carbonyl (C=O) groups excluding carboxylic acids is 2. The highest BCUT2D eigenvalue weighted by Gasteiger charge is 2.15. The highest BCUT2D eigenvalue weighted by atomic mass is 16.5. The van der Waals surface area contributed by atoms with Crippen LogP contribution >= 0.6 is 0 Å². The summed E-state index contributed by atoms with van der Waals surface area (Å²) in [6.45, 7) is 4.02. The van der Waals surface area contributed by atoms with Crippen molar-refractivity contribution in [2.24, 2.45) is 0 Å². The lowest BCUT2D eigenvalue weighted by Gasteiger charge is -2.22. The van der Waals surface area contributed by atoms with Crippen molar-refractivity contribution >= 4 is 11.9 Å². The summed E-state index contributed by atoms with van der Waals surface area (Å²) in [5, 5.41) is 0. The maximum atomic E-state index is 12.5. The number of nitrogens with zero attached hydrogens (tertiary/aromatic N) is 1. The molecule has 1 aromatic carbocycles. The van der Waals surface area contributed by atoms with Gasteiger partial charge in [-0.05, 0) is 31.0 Å². The van der Waals surface area contributed by atoms with E-state index >= 15 is 0 Å². The predicted octanol–water partition coefficient (Wildman–Crippen LogP) is 2.06. The van der Waals surface area contributed by atoms with E-state index in [9.17, 15) is 9.59 Å². The number of ether oxygens (including phenoxy) is 3. The molecule has 0 atom stereocenters. The van der Waals surface area contributed by atoms with Crippen molar-refractivity contribution in [2.75, 3.05) is 40.5 Å². The van der Waals surface area contributed by atoms with E-state index < -0.39 is 0 Å². The van der Waals surface area contributed by atoms with Gasteiger partial charge in [0.25, 0.3) is 0 Å². The first-order valence-electron chi connectivity index (χ1n) is 8.16. The number of benzene rings is 1. The summed E-state index contributed by atoms with van der Waals surface area (Å²) in [5.74, 6) is 0.455. The smallest absolute Gasteiger partial charge is 0.307 e. The SMILES string of the molecule is CCOc1ccc(CC(=O)N(CCCOC)CCC(=O)OC)cc1. The molecule has 0 aliphatic rings. The predicted molar refractivity (Wildman–Crippen MR) is 91.0 cm³/mol. The molecule has 0 fully saturated rings. The van der Waals surface area contributed by atoms with Crippen LogP contribution in [0.25, 0.3) is 0 Å². The third-order valence-corrected chi connectivity index (χ3v) is 3.53. The first-order chi connectivity index (χ1) is 11.6. The Bertz CT molecular complexity index is 501. The number of hydrogen-bond donors (Lipinski definition) is 0. The van der Waals surface area contributed by atoms with Crippen LogP contribution < -0.4 is 4.74 Å². The fourth-order valence-corrected chi connectivity index (χ4v) is 2.25. The van der Waals surface area contributed by atoms with Gasteiger partial charge in [-0.25, -0.2) is 0 Å². The topological polar surface area (TPSA) is 65.1 Å². The summed E-state index contributed by atoms with van der Waals surface area (Å²) < 4.78 is 15.1. The molecular weight excluding hydrogens is 310 g/mol. The van der Waals surface area contributed by atoms with Crippen molar-refractivity contribution in [3.63, 3.8) is 0 Å². The van der Waals surface area contributed by atoms with Crippen LogP contribution in [0.1, 0.15) is 25.3 Å². The van der Waals surface area contributed by atoms with E-state index in [4.69, 9.17) is 9.47 Å². The summed E-state index contributed by atoms with van der Waals surface area (Å²) >= 11 is 0. The minimum Gasteiger partial charge on any atom is -0.494 e. The molecule has 0 saturated carbocycles. The minimum absolute atomic E-state index is 0.0147. The number of methoxy groups -OCH3 is 2. The molecule has 0 aliphatic carbocycles. The second-order valence-corrected chi connectivity index (χ2v) is 5.31. The van der Waals surface area contributed by atoms with E-state index in [1.165, 1.54) is 7.11 Å². The van der Waals surface area contributed by atoms with E-state index in [-0.39, 0.29) is 18.3 Å². The largest absolute Gasteiger partial charge is 0.494 e. The van der Waals surface area contributed by atoms with Gasteiger partial charge in [0.1, 0.15) is 5.75 Å². The molecule has 6 heteroatoms. The molecular formula is C18H27NO5. The number of carbonyl (C=O) groups is 2. The van der Waals surface area contributed by atoms with Gasteiger partial charge in [-0.15, -0.1) is 0 Å². The molecule has 24 heavy (non-hydrogen) atoms. The van der Waals surface area contributed by atoms with Gasteiger partial charge < -0.3 is 19.1 Å². The fourth-order valence-electron chi connectivity index (χ4n) is 2.25. The molecule has 0 bridgehead atoms. The maximum Gasteiger partial charge on any atom is 0.307 e. The Kier molecular flexibility index (Phi) is 9.53. The van der Waals surface area contributed by atoms with E-state index in [0.29, 0.717) is 32.7 Å². The molecule has 0 N–H and O–H groups in total. The standard InChI is InChI=1S/C18H27NO5/c1-4-24-16-8-6-15(7-9-16)14-17(20)19(11-5-13-22-2)12-10-18(21)23-3/h6-9H,4-5,10-14H2,1-3H3. The van der Waals surface area contributed by atoms with Gasteiger partial charge in [-0.1, -0.05) is 12.1 Å². The molecule has 0 radical (unpaired) electrons. The van der Waals surface area contributed by atoms with Crippen LogP contribution in [-0.2, 0) is 25.5 Å². The molecule has 1 amide bonds. The quantitative estimate of drug-likeness (QED) is 0.457. The highest BCUT2D eigenvalue weighted by molar-refractivity contribution is 5.79. The van der Waals surface area contributed by atoms with Gasteiger partial charge in [-0.2, -0.15) is 0 Å². The Hall–Kier alpha value is -2.08. The van der Waals surface area contributed by atoms with Crippen LogP contribution in [0.4, 0.5) is 0 Å². The summed E-state index contributed by atoms with van der Waals surface area (Å²) in [4.78, 5) is 25.5. The number of esters is 1. The number of hydrogen-bond acceptors (Lipinski definition) is 5.